The molecule has 100 valence electrons. The van der Waals surface area contributed by atoms with E-state index in [1.54, 1.807) is 6.07 Å². The molecule has 2 atom stereocenters. The van der Waals surface area contributed by atoms with E-state index in [1.807, 2.05) is 6.92 Å². The first kappa shape index (κ1) is 13.3. The van der Waals surface area contributed by atoms with Crippen LogP contribution >= 0.6 is 11.6 Å². The van der Waals surface area contributed by atoms with Gasteiger partial charge in [-0.15, -0.1) is 0 Å². The number of nitrogens with one attached hydrogen (secondary N) is 1. The zero-order valence-electron chi connectivity index (χ0n) is 10.2. The van der Waals surface area contributed by atoms with E-state index in [4.69, 9.17) is 26.8 Å². The van der Waals surface area contributed by atoms with Gasteiger partial charge in [0.1, 0.15) is 11.0 Å². The molecule has 0 aliphatic carbocycles. The SMILES string of the molecule is CC(COC1CCOC1)Nc1cc(Cl)nc(N)n1. The Balaban J connectivity index is 1.80. The van der Waals surface area contributed by atoms with Gasteiger partial charge in [0.05, 0.1) is 19.3 Å². The Morgan fingerprint density at radius 1 is 1.67 bits per heavy atom. The van der Waals surface area contributed by atoms with Gasteiger partial charge in [0.15, 0.2) is 0 Å². The summed E-state index contributed by atoms with van der Waals surface area (Å²) in [6, 6.07) is 1.74. The highest BCUT2D eigenvalue weighted by molar-refractivity contribution is 6.29. The molecule has 1 fully saturated rings. The normalized spacial score (nSPS) is 20.9. The van der Waals surface area contributed by atoms with Crippen molar-refractivity contribution in [2.75, 3.05) is 30.9 Å². The lowest BCUT2D eigenvalue weighted by molar-refractivity contribution is 0.0395. The summed E-state index contributed by atoms with van der Waals surface area (Å²) < 4.78 is 10.9. The van der Waals surface area contributed by atoms with Crippen LogP contribution in [0, 0.1) is 0 Å². The molecular weight excluding hydrogens is 256 g/mol. The fraction of sp³-hybridized carbons (Fsp3) is 0.636. The quantitative estimate of drug-likeness (QED) is 0.787. The predicted octanol–water partition coefficient (Wildman–Crippen LogP) is 1.32. The summed E-state index contributed by atoms with van der Waals surface area (Å²) in [4.78, 5) is 7.84. The van der Waals surface area contributed by atoms with E-state index < -0.39 is 0 Å². The van der Waals surface area contributed by atoms with Crippen LogP contribution in [0.25, 0.3) is 0 Å². The maximum atomic E-state index is 5.80. The topological polar surface area (TPSA) is 82.3 Å². The molecule has 0 aromatic carbocycles. The first-order valence-electron chi connectivity index (χ1n) is 5.89. The molecule has 0 radical (unpaired) electrons. The number of nitrogens with zero attached hydrogens (tertiary/aromatic N) is 2. The smallest absolute Gasteiger partial charge is 0.223 e. The average molecular weight is 273 g/mol. The lowest BCUT2D eigenvalue weighted by atomic mass is 10.3. The Kier molecular flexibility index (Phi) is 4.57. The van der Waals surface area contributed by atoms with E-state index >= 15 is 0 Å². The van der Waals surface area contributed by atoms with E-state index in [2.05, 4.69) is 15.3 Å². The van der Waals surface area contributed by atoms with Crippen LogP contribution in [-0.2, 0) is 9.47 Å². The zero-order chi connectivity index (χ0) is 13.0. The van der Waals surface area contributed by atoms with Crippen LogP contribution in [0.15, 0.2) is 6.07 Å². The summed E-state index contributed by atoms with van der Waals surface area (Å²) in [5.41, 5.74) is 5.51. The summed E-state index contributed by atoms with van der Waals surface area (Å²) in [5, 5.41) is 3.49. The highest BCUT2D eigenvalue weighted by atomic mass is 35.5. The number of nitrogen functional groups attached to an aromatic ring is 1. The Bertz CT molecular complexity index is 378. The number of halogens is 1. The van der Waals surface area contributed by atoms with Crippen LogP contribution in [0.5, 0.6) is 0 Å². The molecule has 0 amide bonds. The zero-order valence-corrected chi connectivity index (χ0v) is 11.0. The Labute approximate surface area is 111 Å². The minimum absolute atomic E-state index is 0.107. The van der Waals surface area contributed by atoms with E-state index in [-0.39, 0.29) is 18.1 Å². The second-order valence-electron chi connectivity index (χ2n) is 4.30. The van der Waals surface area contributed by atoms with E-state index in [0.29, 0.717) is 24.2 Å². The Hall–Kier alpha value is -1.11. The fourth-order valence-electron chi connectivity index (χ4n) is 1.73. The van der Waals surface area contributed by atoms with Gasteiger partial charge in [-0.3, -0.25) is 0 Å². The van der Waals surface area contributed by atoms with Crippen molar-refractivity contribution >= 4 is 23.4 Å². The Morgan fingerprint density at radius 3 is 3.17 bits per heavy atom. The van der Waals surface area contributed by atoms with Gasteiger partial charge < -0.3 is 20.5 Å². The van der Waals surface area contributed by atoms with Crippen molar-refractivity contribution in [1.82, 2.24) is 9.97 Å². The van der Waals surface area contributed by atoms with Crippen LogP contribution in [0.4, 0.5) is 11.8 Å². The van der Waals surface area contributed by atoms with Gasteiger partial charge in [-0.2, -0.15) is 4.98 Å². The summed E-state index contributed by atoms with van der Waals surface area (Å²) in [7, 11) is 0. The van der Waals surface area contributed by atoms with Crippen LogP contribution < -0.4 is 11.1 Å². The third kappa shape index (κ3) is 3.97. The number of ether oxygens (including phenoxy) is 2. The molecule has 1 aromatic rings. The van der Waals surface area contributed by atoms with Gasteiger partial charge in [-0.05, 0) is 13.3 Å². The molecule has 3 N–H and O–H groups in total. The number of nitrogens with two attached hydrogens (primary N) is 1. The Morgan fingerprint density at radius 2 is 2.50 bits per heavy atom. The van der Waals surface area contributed by atoms with Crippen LogP contribution in [0.3, 0.4) is 0 Å². The second kappa shape index (κ2) is 6.17. The van der Waals surface area contributed by atoms with Crippen LogP contribution in [-0.4, -0.2) is 41.9 Å². The molecule has 0 bridgehead atoms. The van der Waals surface area contributed by atoms with Crippen LogP contribution in [0.1, 0.15) is 13.3 Å². The second-order valence-corrected chi connectivity index (χ2v) is 4.69. The number of aromatic nitrogens is 2. The lowest BCUT2D eigenvalue weighted by Crippen LogP contribution is -2.26. The van der Waals surface area contributed by atoms with E-state index in [1.165, 1.54) is 0 Å². The molecule has 2 unspecified atom stereocenters. The molecule has 0 saturated carbocycles. The molecular formula is C11H17ClN4O2. The molecule has 1 aromatic heterocycles. The van der Waals surface area contributed by atoms with Crippen molar-refractivity contribution < 1.29 is 9.47 Å². The van der Waals surface area contributed by atoms with Gasteiger partial charge in [0, 0.05) is 18.7 Å². The molecule has 18 heavy (non-hydrogen) atoms. The highest BCUT2D eigenvalue weighted by Crippen LogP contribution is 2.14. The third-order valence-electron chi connectivity index (χ3n) is 2.58. The number of anilines is 2. The minimum atomic E-state index is 0.107. The van der Waals surface area contributed by atoms with Crippen molar-refractivity contribution in [2.45, 2.75) is 25.5 Å². The highest BCUT2D eigenvalue weighted by Gasteiger charge is 2.17. The summed E-state index contributed by atoms with van der Waals surface area (Å²) in [6.07, 6.45) is 1.16. The van der Waals surface area contributed by atoms with Crippen molar-refractivity contribution in [3.05, 3.63) is 11.2 Å². The summed E-state index contributed by atoms with van der Waals surface area (Å²) in [5.74, 6) is 0.758. The molecule has 1 aliphatic heterocycles. The number of hydrogen-bond donors (Lipinski definition) is 2. The molecule has 7 heteroatoms. The van der Waals surface area contributed by atoms with Gasteiger partial charge in [0.25, 0.3) is 0 Å². The number of hydrogen-bond acceptors (Lipinski definition) is 6. The van der Waals surface area contributed by atoms with Crippen LogP contribution in [0.2, 0.25) is 5.15 Å². The van der Waals surface area contributed by atoms with Gasteiger partial charge in [-0.1, -0.05) is 11.6 Å². The van der Waals surface area contributed by atoms with E-state index in [9.17, 15) is 0 Å². The summed E-state index contributed by atoms with van der Waals surface area (Å²) in [6.45, 7) is 4.04. The number of rotatable bonds is 5. The molecule has 1 aliphatic rings. The van der Waals surface area contributed by atoms with Gasteiger partial charge in [0.2, 0.25) is 5.95 Å². The maximum Gasteiger partial charge on any atom is 0.223 e. The average Bonchev–Trinajstić information content (AvgIpc) is 2.77. The van der Waals surface area contributed by atoms with Gasteiger partial charge >= 0.3 is 0 Å². The standard InChI is InChI=1S/C11H17ClN4O2/c1-7(5-18-8-2-3-17-6-8)14-10-4-9(12)15-11(13)16-10/h4,7-8H,2-3,5-6H2,1H3,(H3,13,14,15,16). The molecule has 2 rings (SSSR count). The van der Waals surface area contributed by atoms with Crippen molar-refractivity contribution in [1.29, 1.82) is 0 Å². The maximum absolute atomic E-state index is 5.80. The lowest BCUT2D eigenvalue weighted by Gasteiger charge is -2.17. The molecule has 1 saturated heterocycles. The fourth-order valence-corrected chi connectivity index (χ4v) is 1.92. The largest absolute Gasteiger partial charge is 0.379 e. The van der Waals surface area contributed by atoms with Gasteiger partial charge in [-0.25, -0.2) is 4.98 Å². The predicted molar refractivity (Wildman–Crippen MR) is 69.7 cm³/mol. The summed E-state index contributed by atoms with van der Waals surface area (Å²) >= 11 is 5.80. The molecule has 0 spiro atoms. The minimum Gasteiger partial charge on any atom is -0.379 e. The molecule has 6 nitrogen and oxygen atoms in total. The van der Waals surface area contributed by atoms with E-state index in [0.717, 1.165) is 13.0 Å². The molecule has 2 heterocycles. The first-order valence-corrected chi connectivity index (χ1v) is 6.27. The van der Waals surface area contributed by atoms with Crippen molar-refractivity contribution in [3.63, 3.8) is 0 Å². The first-order chi connectivity index (χ1) is 8.63. The third-order valence-corrected chi connectivity index (χ3v) is 2.77. The monoisotopic (exact) mass is 272 g/mol. The van der Waals surface area contributed by atoms with Crippen molar-refractivity contribution in [3.8, 4) is 0 Å². The van der Waals surface area contributed by atoms with Crippen molar-refractivity contribution in [2.24, 2.45) is 0 Å².